The van der Waals surface area contributed by atoms with E-state index in [9.17, 15) is 9.00 Å². The summed E-state index contributed by atoms with van der Waals surface area (Å²) in [6, 6.07) is 18.4. The molecule has 1 aliphatic rings. The van der Waals surface area contributed by atoms with E-state index in [4.69, 9.17) is 10.5 Å². The molecule has 0 saturated heterocycles. The van der Waals surface area contributed by atoms with Crippen molar-refractivity contribution in [2.24, 2.45) is 10.1 Å². The highest BCUT2D eigenvalue weighted by Crippen LogP contribution is 2.30. The van der Waals surface area contributed by atoms with E-state index in [2.05, 4.69) is 19.4 Å². The van der Waals surface area contributed by atoms with Crippen molar-refractivity contribution in [1.82, 2.24) is 10.3 Å². The SMILES string of the molecule is CC(C)(COc1cccc2c1C(N)=NS(=O)N2)NC(=O)c1ccnc(-c2ccccc2)c1. The summed E-state index contributed by atoms with van der Waals surface area (Å²) >= 11 is -1.61. The molecule has 0 radical (unpaired) electrons. The quantitative estimate of drug-likeness (QED) is 0.534. The Hall–Kier alpha value is -3.72. The largest absolute Gasteiger partial charge is 0.490 e. The first kappa shape index (κ1) is 21.5. The van der Waals surface area contributed by atoms with E-state index in [0.29, 0.717) is 22.6 Å². The van der Waals surface area contributed by atoms with Gasteiger partial charge in [-0.2, -0.15) is 4.40 Å². The molecule has 1 amide bonds. The summed E-state index contributed by atoms with van der Waals surface area (Å²) in [5.74, 6) is 0.400. The highest BCUT2D eigenvalue weighted by atomic mass is 32.2. The van der Waals surface area contributed by atoms with Crippen molar-refractivity contribution in [2.45, 2.75) is 19.4 Å². The Morgan fingerprint density at radius 1 is 1.16 bits per heavy atom. The fraction of sp³-hybridized carbons (Fsp3) is 0.174. The van der Waals surface area contributed by atoms with Crippen LogP contribution in [0, 0.1) is 0 Å². The fourth-order valence-electron chi connectivity index (χ4n) is 3.26. The van der Waals surface area contributed by atoms with Crippen molar-refractivity contribution in [1.29, 1.82) is 0 Å². The lowest BCUT2D eigenvalue weighted by Crippen LogP contribution is -2.48. The van der Waals surface area contributed by atoms with Gasteiger partial charge in [0.2, 0.25) is 11.2 Å². The lowest BCUT2D eigenvalue weighted by molar-refractivity contribution is 0.0880. The number of rotatable bonds is 6. The van der Waals surface area contributed by atoms with Crippen LogP contribution in [0.4, 0.5) is 5.69 Å². The average Bonchev–Trinajstić information content (AvgIpc) is 2.78. The highest BCUT2D eigenvalue weighted by molar-refractivity contribution is 7.85. The van der Waals surface area contributed by atoms with Crippen molar-refractivity contribution in [3.8, 4) is 17.0 Å². The maximum absolute atomic E-state index is 12.9. The molecule has 4 N–H and O–H groups in total. The number of amides is 1. The van der Waals surface area contributed by atoms with Crippen LogP contribution in [-0.4, -0.2) is 33.1 Å². The number of fused-ring (bicyclic) bond motifs is 1. The number of anilines is 1. The van der Waals surface area contributed by atoms with Crippen LogP contribution in [0.3, 0.4) is 0 Å². The summed E-state index contributed by atoms with van der Waals surface area (Å²) in [5, 5.41) is 3.00. The molecule has 1 unspecified atom stereocenters. The smallest absolute Gasteiger partial charge is 0.251 e. The van der Waals surface area contributed by atoms with Gasteiger partial charge in [-0.1, -0.05) is 36.4 Å². The van der Waals surface area contributed by atoms with Crippen LogP contribution in [0.25, 0.3) is 11.3 Å². The number of ether oxygens (including phenoxy) is 1. The summed E-state index contributed by atoms with van der Waals surface area (Å²) in [5.41, 5.74) is 8.57. The Morgan fingerprint density at radius 2 is 1.94 bits per heavy atom. The van der Waals surface area contributed by atoms with Gasteiger partial charge in [-0.05, 0) is 38.1 Å². The average molecular weight is 450 g/mol. The zero-order valence-electron chi connectivity index (χ0n) is 17.7. The van der Waals surface area contributed by atoms with Gasteiger partial charge >= 0.3 is 0 Å². The minimum atomic E-state index is -1.61. The predicted molar refractivity (Wildman–Crippen MR) is 126 cm³/mol. The zero-order valence-corrected chi connectivity index (χ0v) is 18.5. The number of hydrogen-bond donors (Lipinski definition) is 3. The molecule has 9 heteroatoms. The summed E-state index contributed by atoms with van der Waals surface area (Å²) < 4.78 is 24.3. The number of aromatic nitrogens is 1. The van der Waals surface area contributed by atoms with Gasteiger partial charge in [0.25, 0.3) is 5.91 Å². The van der Waals surface area contributed by atoms with Gasteiger partial charge in [0.15, 0.2) is 0 Å². The normalized spacial score (nSPS) is 15.2. The lowest BCUT2D eigenvalue weighted by atomic mass is 10.0. The van der Waals surface area contributed by atoms with Gasteiger partial charge in [-0.15, -0.1) is 0 Å². The Morgan fingerprint density at radius 3 is 2.72 bits per heavy atom. The molecule has 0 fully saturated rings. The van der Waals surface area contributed by atoms with Gasteiger partial charge in [-0.3, -0.25) is 14.5 Å². The van der Waals surface area contributed by atoms with E-state index in [1.165, 1.54) is 0 Å². The Balaban J connectivity index is 1.46. The highest BCUT2D eigenvalue weighted by Gasteiger charge is 2.25. The van der Waals surface area contributed by atoms with Gasteiger partial charge in [-0.25, -0.2) is 4.21 Å². The number of nitrogens with one attached hydrogen (secondary N) is 2. The Kier molecular flexibility index (Phi) is 5.91. The van der Waals surface area contributed by atoms with Crippen molar-refractivity contribution in [3.05, 3.63) is 78.0 Å². The van der Waals surface area contributed by atoms with Gasteiger partial charge in [0, 0.05) is 17.3 Å². The molecule has 0 aliphatic carbocycles. The molecular weight excluding hydrogens is 426 g/mol. The van der Waals surface area contributed by atoms with Crippen LogP contribution in [0.15, 0.2) is 71.3 Å². The minimum Gasteiger partial charge on any atom is -0.490 e. The molecule has 32 heavy (non-hydrogen) atoms. The number of hydrogen-bond acceptors (Lipinski definition) is 5. The summed E-state index contributed by atoms with van der Waals surface area (Å²) in [6.07, 6.45) is 1.62. The van der Waals surface area contributed by atoms with Gasteiger partial charge in [0.05, 0.1) is 22.5 Å². The van der Waals surface area contributed by atoms with Crippen molar-refractivity contribution >= 4 is 28.6 Å². The number of nitrogens with zero attached hydrogens (tertiary/aromatic N) is 2. The summed E-state index contributed by atoms with van der Waals surface area (Å²) in [7, 11) is 0. The molecule has 2 heterocycles. The minimum absolute atomic E-state index is 0.139. The number of benzene rings is 2. The number of carbonyl (C=O) groups is 1. The molecule has 3 aromatic rings. The van der Waals surface area contributed by atoms with Crippen molar-refractivity contribution in [3.63, 3.8) is 0 Å². The topological polar surface area (TPSA) is 119 Å². The van der Waals surface area contributed by atoms with E-state index in [-0.39, 0.29) is 18.3 Å². The third kappa shape index (κ3) is 4.78. The van der Waals surface area contributed by atoms with E-state index < -0.39 is 16.7 Å². The second kappa shape index (κ2) is 8.80. The number of carbonyl (C=O) groups excluding carboxylic acids is 1. The molecule has 8 nitrogen and oxygen atoms in total. The molecule has 164 valence electrons. The van der Waals surface area contributed by atoms with Crippen LogP contribution < -0.4 is 20.5 Å². The molecule has 1 atom stereocenters. The first-order chi connectivity index (χ1) is 15.3. The van der Waals surface area contributed by atoms with Crippen LogP contribution in [0.2, 0.25) is 0 Å². The second-order valence-corrected chi connectivity index (χ2v) is 8.81. The van der Waals surface area contributed by atoms with E-state index in [0.717, 1.165) is 11.3 Å². The lowest BCUT2D eigenvalue weighted by Gasteiger charge is -2.27. The molecule has 4 rings (SSSR count). The van der Waals surface area contributed by atoms with Crippen LogP contribution in [0.1, 0.15) is 29.8 Å². The van der Waals surface area contributed by atoms with Crippen LogP contribution >= 0.6 is 0 Å². The summed E-state index contributed by atoms with van der Waals surface area (Å²) in [4.78, 5) is 17.3. The van der Waals surface area contributed by atoms with Crippen LogP contribution in [-0.2, 0) is 11.2 Å². The molecule has 0 saturated carbocycles. The zero-order chi connectivity index (χ0) is 22.7. The van der Waals surface area contributed by atoms with E-state index in [1.54, 1.807) is 36.5 Å². The van der Waals surface area contributed by atoms with Gasteiger partial charge in [0.1, 0.15) is 18.2 Å². The van der Waals surface area contributed by atoms with E-state index in [1.807, 2.05) is 44.2 Å². The molecule has 0 bridgehead atoms. The number of amidine groups is 1. The third-order valence-corrected chi connectivity index (χ3v) is 5.55. The maximum atomic E-state index is 12.9. The Labute approximate surface area is 188 Å². The molecule has 1 aliphatic heterocycles. The second-order valence-electron chi connectivity index (χ2n) is 7.93. The monoisotopic (exact) mass is 449 g/mol. The number of pyridine rings is 1. The first-order valence-corrected chi connectivity index (χ1v) is 11.1. The molecule has 1 aromatic heterocycles. The maximum Gasteiger partial charge on any atom is 0.251 e. The van der Waals surface area contributed by atoms with Crippen molar-refractivity contribution < 1.29 is 13.7 Å². The third-order valence-electron chi connectivity index (χ3n) is 4.79. The first-order valence-electron chi connectivity index (χ1n) is 9.95. The predicted octanol–water partition coefficient (Wildman–Crippen LogP) is 3.05. The molecular formula is C23H23N5O3S. The van der Waals surface area contributed by atoms with Crippen LogP contribution in [0.5, 0.6) is 5.75 Å². The Bertz CT molecular complexity index is 1210. The fourth-order valence-corrected chi connectivity index (χ4v) is 3.94. The summed E-state index contributed by atoms with van der Waals surface area (Å²) in [6.45, 7) is 3.91. The molecule has 0 spiro atoms. The van der Waals surface area contributed by atoms with Gasteiger partial charge < -0.3 is 15.8 Å². The van der Waals surface area contributed by atoms with Crippen molar-refractivity contribution in [2.75, 3.05) is 11.3 Å². The van der Waals surface area contributed by atoms with E-state index >= 15 is 0 Å². The standard InChI is InChI=1S/C23H23N5O3S/c1-23(2,14-31-19-10-6-9-17-20(19)21(24)28-32(30)27-17)26-22(29)16-11-12-25-18(13-16)15-7-4-3-5-8-15/h3-13,27H,14H2,1-2H3,(H2,24,28)(H,26,29). The molecule has 2 aromatic carbocycles. The number of nitrogens with two attached hydrogens (primary N) is 1.